The molecular formula is C13H18ClN5O. The van der Waals surface area contributed by atoms with Gasteiger partial charge in [-0.3, -0.25) is 0 Å². The molecule has 0 bridgehead atoms. The molecule has 0 amide bonds. The van der Waals surface area contributed by atoms with Crippen molar-refractivity contribution in [1.29, 1.82) is 0 Å². The summed E-state index contributed by atoms with van der Waals surface area (Å²) in [5, 5.41) is 10.0. The molecule has 0 spiro atoms. The zero-order valence-electron chi connectivity index (χ0n) is 11.4. The van der Waals surface area contributed by atoms with Crippen LogP contribution in [0.2, 0.25) is 0 Å². The average Bonchev–Trinajstić information content (AvgIpc) is 2.79. The summed E-state index contributed by atoms with van der Waals surface area (Å²) in [4.78, 5) is 15.9. The Bertz CT molecular complexity index is 664. The van der Waals surface area contributed by atoms with Crippen LogP contribution in [0.25, 0.3) is 5.65 Å². The number of anilines is 1. The van der Waals surface area contributed by atoms with E-state index in [-0.39, 0.29) is 5.69 Å². The molecule has 20 heavy (non-hydrogen) atoms. The van der Waals surface area contributed by atoms with Crippen molar-refractivity contribution in [2.24, 2.45) is 5.92 Å². The monoisotopic (exact) mass is 295 g/mol. The molecule has 1 aliphatic carbocycles. The number of hydrogen-bond donors (Lipinski definition) is 2. The summed E-state index contributed by atoms with van der Waals surface area (Å²) < 4.78 is 1.46. The lowest BCUT2D eigenvalue weighted by atomic mass is 9.89. The number of rotatable bonds is 3. The van der Waals surface area contributed by atoms with Gasteiger partial charge in [-0.2, -0.15) is 5.10 Å². The topological polar surface area (TPSA) is 75.1 Å². The molecular weight excluding hydrogens is 278 g/mol. The van der Waals surface area contributed by atoms with Crippen LogP contribution in [0.15, 0.2) is 10.9 Å². The van der Waals surface area contributed by atoms with Gasteiger partial charge in [-0.15, -0.1) is 11.6 Å². The van der Waals surface area contributed by atoms with E-state index < -0.39 is 0 Å². The standard InChI is InChI=1S/C13H18ClN5O/c1-8-16-11(6-12-17-18-13(20)19(8)12)15-7-9-3-2-4-10(14)5-9/h6,9-10,15H,2-5,7H2,1H3,(H,18,20). The van der Waals surface area contributed by atoms with E-state index in [1.807, 2.05) is 0 Å². The number of H-pyrrole nitrogens is 1. The van der Waals surface area contributed by atoms with Crippen molar-refractivity contribution in [2.75, 3.05) is 11.9 Å². The molecule has 2 N–H and O–H groups in total. The number of alkyl halides is 1. The van der Waals surface area contributed by atoms with Gasteiger partial charge in [0.05, 0.1) is 0 Å². The number of aromatic amines is 1. The quantitative estimate of drug-likeness (QED) is 0.849. The summed E-state index contributed by atoms with van der Waals surface area (Å²) in [6, 6.07) is 1.78. The van der Waals surface area contributed by atoms with Gasteiger partial charge >= 0.3 is 5.69 Å². The van der Waals surface area contributed by atoms with Crippen LogP contribution < -0.4 is 11.0 Å². The van der Waals surface area contributed by atoms with E-state index in [0.717, 1.165) is 25.2 Å². The lowest BCUT2D eigenvalue weighted by Gasteiger charge is -2.25. The number of aromatic nitrogens is 4. The average molecular weight is 296 g/mol. The van der Waals surface area contributed by atoms with E-state index in [4.69, 9.17) is 11.6 Å². The van der Waals surface area contributed by atoms with Crippen LogP contribution in [0.5, 0.6) is 0 Å². The highest BCUT2D eigenvalue weighted by Crippen LogP contribution is 2.27. The Morgan fingerprint density at radius 1 is 1.55 bits per heavy atom. The van der Waals surface area contributed by atoms with Gasteiger partial charge in [-0.25, -0.2) is 19.3 Å². The fraction of sp³-hybridized carbons (Fsp3) is 0.615. The lowest BCUT2D eigenvalue weighted by molar-refractivity contribution is 0.378. The van der Waals surface area contributed by atoms with Gasteiger partial charge in [-0.1, -0.05) is 6.42 Å². The molecule has 2 unspecified atom stereocenters. The maximum Gasteiger partial charge on any atom is 0.349 e. The summed E-state index contributed by atoms with van der Waals surface area (Å²) in [5.41, 5.74) is 0.331. The van der Waals surface area contributed by atoms with E-state index in [2.05, 4.69) is 20.5 Å². The second kappa shape index (κ2) is 5.44. The molecule has 3 rings (SSSR count). The Morgan fingerprint density at radius 2 is 2.40 bits per heavy atom. The van der Waals surface area contributed by atoms with Crippen molar-refractivity contribution < 1.29 is 0 Å². The molecule has 2 aromatic rings. The molecule has 0 aliphatic heterocycles. The van der Waals surface area contributed by atoms with Gasteiger partial charge in [0.2, 0.25) is 0 Å². The summed E-state index contributed by atoms with van der Waals surface area (Å²) >= 11 is 6.20. The van der Waals surface area contributed by atoms with E-state index in [1.54, 1.807) is 13.0 Å². The molecule has 2 heterocycles. The first-order chi connectivity index (χ1) is 9.63. The van der Waals surface area contributed by atoms with Gasteiger partial charge in [0.15, 0.2) is 5.65 Å². The van der Waals surface area contributed by atoms with Crippen LogP contribution in [-0.2, 0) is 0 Å². The van der Waals surface area contributed by atoms with Crippen LogP contribution in [-0.4, -0.2) is 31.5 Å². The molecule has 2 aromatic heterocycles. The summed E-state index contributed by atoms with van der Waals surface area (Å²) in [7, 11) is 0. The van der Waals surface area contributed by atoms with Gasteiger partial charge in [-0.05, 0) is 32.1 Å². The summed E-state index contributed by atoms with van der Waals surface area (Å²) in [6.45, 7) is 2.66. The van der Waals surface area contributed by atoms with Crippen LogP contribution in [0, 0.1) is 12.8 Å². The van der Waals surface area contributed by atoms with Crippen molar-refractivity contribution >= 4 is 23.1 Å². The Balaban J connectivity index is 1.73. The van der Waals surface area contributed by atoms with Gasteiger partial charge < -0.3 is 5.32 Å². The number of nitrogens with zero attached hydrogens (tertiary/aromatic N) is 3. The maximum absolute atomic E-state index is 11.5. The fourth-order valence-electron chi connectivity index (χ4n) is 2.85. The minimum Gasteiger partial charge on any atom is -0.370 e. The third-order valence-electron chi connectivity index (χ3n) is 3.86. The molecule has 1 fully saturated rings. The van der Waals surface area contributed by atoms with Crippen LogP contribution in [0.3, 0.4) is 0 Å². The van der Waals surface area contributed by atoms with Crippen molar-refractivity contribution in [3.63, 3.8) is 0 Å². The SMILES string of the molecule is Cc1nc(NCC2CCCC(Cl)C2)cc2n[nH]c(=O)n12. The normalized spacial score (nSPS) is 23.1. The third-order valence-corrected chi connectivity index (χ3v) is 4.26. The van der Waals surface area contributed by atoms with E-state index in [1.165, 1.54) is 17.2 Å². The van der Waals surface area contributed by atoms with Crippen LogP contribution >= 0.6 is 11.6 Å². The van der Waals surface area contributed by atoms with E-state index in [0.29, 0.717) is 22.8 Å². The molecule has 1 aliphatic rings. The minimum absolute atomic E-state index is 0.256. The van der Waals surface area contributed by atoms with E-state index >= 15 is 0 Å². The van der Waals surface area contributed by atoms with Crippen molar-refractivity contribution in [3.05, 3.63) is 22.4 Å². The number of hydrogen-bond acceptors (Lipinski definition) is 4. The molecule has 108 valence electrons. The molecule has 7 heteroatoms. The zero-order valence-corrected chi connectivity index (χ0v) is 12.2. The second-order valence-electron chi connectivity index (χ2n) is 5.42. The number of fused-ring (bicyclic) bond motifs is 1. The van der Waals surface area contributed by atoms with Gasteiger partial charge in [0.1, 0.15) is 11.6 Å². The first kappa shape index (κ1) is 13.4. The zero-order chi connectivity index (χ0) is 14.1. The molecule has 0 aromatic carbocycles. The predicted molar refractivity (Wildman–Crippen MR) is 78.4 cm³/mol. The van der Waals surface area contributed by atoms with Gasteiger partial charge in [0.25, 0.3) is 0 Å². The largest absolute Gasteiger partial charge is 0.370 e. The van der Waals surface area contributed by atoms with Crippen LogP contribution in [0.1, 0.15) is 31.5 Å². The number of aryl methyl sites for hydroxylation is 1. The highest BCUT2D eigenvalue weighted by Gasteiger charge is 2.20. The lowest BCUT2D eigenvalue weighted by Crippen LogP contribution is -2.23. The first-order valence-electron chi connectivity index (χ1n) is 6.96. The molecule has 0 saturated heterocycles. The third kappa shape index (κ3) is 2.65. The Labute approximate surface area is 121 Å². The molecule has 6 nitrogen and oxygen atoms in total. The van der Waals surface area contributed by atoms with E-state index in [9.17, 15) is 4.79 Å². The van der Waals surface area contributed by atoms with Crippen molar-refractivity contribution in [2.45, 2.75) is 38.0 Å². The predicted octanol–water partition coefficient (Wildman–Crippen LogP) is 1.94. The first-order valence-corrected chi connectivity index (χ1v) is 7.40. The molecule has 1 saturated carbocycles. The van der Waals surface area contributed by atoms with Gasteiger partial charge in [0, 0.05) is 18.0 Å². The van der Waals surface area contributed by atoms with Crippen LogP contribution in [0.4, 0.5) is 5.82 Å². The van der Waals surface area contributed by atoms with Crippen molar-refractivity contribution in [3.8, 4) is 0 Å². The van der Waals surface area contributed by atoms with Crippen molar-refractivity contribution in [1.82, 2.24) is 19.6 Å². The maximum atomic E-state index is 11.5. The fourth-order valence-corrected chi connectivity index (χ4v) is 3.25. The smallest absolute Gasteiger partial charge is 0.349 e. The highest BCUT2D eigenvalue weighted by molar-refractivity contribution is 6.20. The summed E-state index contributed by atoms with van der Waals surface area (Å²) in [5.74, 6) is 1.97. The Hall–Kier alpha value is -1.56. The molecule has 2 atom stereocenters. The molecule has 0 radical (unpaired) electrons. The Kier molecular flexibility index (Phi) is 3.65. The number of nitrogens with one attached hydrogen (secondary N) is 2. The minimum atomic E-state index is -0.256. The number of halogens is 1. The summed E-state index contributed by atoms with van der Waals surface area (Å²) in [6.07, 6.45) is 4.58. The highest BCUT2D eigenvalue weighted by atomic mass is 35.5. The Morgan fingerprint density at radius 3 is 3.20 bits per heavy atom. The second-order valence-corrected chi connectivity index (χ2v) is 6.04.